The molecule has 0 aromatic heterocycles. The van der Waals surface area contributed by atoms with Gasteiger partial charge in [0.1, 0.15) is 0 Å². The molecule has 1 rings (SSSR count). The Labute approximate surface area is 88.5 Å². The number of carbonyl (C=O) groups is 1. The van der Waals surface area contributed by atoms with Gasteiger partial charge in [-0.3, -0.25) is 4.79 Å². The average Bonchev–Trinajstić information content (AvgIpc) is 2.21. The number of hydrogen-bond acceptors (Lipinski definition) is 2. The average molecular weight is 213 g/mol. The monoisotopic (exact) mass is 212 g/mol. The molecule has 0 aliphatic heterocycles. The Morgan fingerprint density at radius 2 is 2.00 bits per heavy atom. The van der Waals surface area contributed by atoms with Gasteiger partial charge in [-0.15, -0.1) is 0 Å². The van der Waals surface area contributed by atoms with E-state index in [0.717, 1.165) is 10.6 Å². The lowest BCUT2D eigenvalue weighted by molar-refractivity contribution is -0.119. The SMILES string of the molecule is CNC(=O)CNCc1ccc(Cl)cc1. The van der Waals surface area contributed by atoms with Gasteiger partial charge >= 0.3 is 0 Å². The van der Waals surface area contributed by atoms with Crippen LogP contribution in [0.15, 0.2) is 24.3 Å². The van der Waals surface area contributed by atoms with Crippen molar-refractivity contribution >= 4 is 17.5 Å². The van der Waals surface area contributed by atoms with Crippen LogP contribution >= 0.6 is 11.6 Å². The molecule has 0 radical (unpaired) electrons. The topological polar surface area (TPSA) is 41.1 Å². The van der Waals surface area contributed by atoms with Gasteiger partial charge in [-0.2, -0.15) is 0 Å². The quantitative estimate of drug-likeness (QED) is 0.787. The highest BCUT2D eigenvalue weighted by atomic mass is 35.5. The van der Waals surface area contributed by atoms with Crippen LogP contribution in [-0.2, 0) is 11.3 Å². The van der Waals surface area contributed by atoms with Gasteiger partial charge in [-0.05, 0) is 17.7 Å². The van der Waals surface area contributed by atoms with Crippen LogP contribution in [0.1, 0.15) is 5.56 Å². The maximum atomic E-state index is 10.9. The van der Waals surface area contributed by atoms with Crippen molar-refractivity contribution in [3.8, 4) is 0 Å². The molecule has 0 aliphatic rings. The van der Waals surface area contributed by atoms with E-state index in [1.54, 1.807) is 7.05 Å². The fourth-order valence-corrected chi connectivity index (χ4v) is 1.14. The molecule has 76 valence electrons. The number of amides is 1. The smallest absolute Gasteiger partial charge is 0.233 e. The van der Waals surface area contributed by atoms with Gasteiger partial charge in [-0.25, -0.2) is 0 Å². The van der Waals surface area contributed by atoms with Crippen molar-refractivity contribution in [2.45, 2.75) is 6.54 Å². The maximum Gasteiger partial charge on any atom is 0.233 e. The number of hydrogen-bond donors (Lipinski definition) is 2. The first-order valence-electron chi connectivity index (χ1n) is 4.38. The Kier molecular flexibility index (Phi) is 4.43. The zero-order valence-corrected chi connectivity index (χ0v) is 8.77. The molecular formula is C10H13ClN2O. The van der Waals surface area contributed by atoms with E-state index in [2.05, 4.69) is 10.6 Å². The van der Waals surface area contributed by atoms with Crippen LogP contribution in [0.2, 0.25) is 5.02 Å². The normalized spacial score (nSPS) is 9.86. The van der Waals surface area contributed by atoms with Gasteiger partial charge in [-0.1, -0.05) is 23.7 Å². The highest BCUT2D eigenvalue weighted by molar-refractivity contribution is 6.30. The second kappa shape index (κ2) is 5.62. The summed E-state index contributed by atoms with van der Waals surface area (Å²) in [6.07, 6.45) is 0. The molecule has 0 unspecified atom stereocenters. The first-order valence-corrected chi connectivity index (χ1v) is 4.76. The van der Waals surface area contributed by atoms with Crippen LogP contribution in [0.4, 0.5) is 0 Å². The van der Waals surface area contributed by atoms with Crippen molar-refractivity contribution in [2.75, 3.05) is 13.6 Å². The van der Waals surface area contributed by atoms with E-state index in [0.29, 0.717) is 13.1 Å². The molecule has 0 heterocycles. The molecule has 0 saturated carbocycles. The number of carbonyl (C=O) groups excluding carboxylic acids is 1. The molecule has 0 spiro atoms. The van der Waals surface area contributed by atoms with Crippen LogP contribution in [0, 0.1) is 0 Å². The molecule has 2 N–H and O–H groups in total. The lowest BCUT2D eigenvalue weighted by atomic mass is 10.2. The first kappa shape index (κ1) is 11.0. The third-order valence-corrected chi connectivity index (χ3v) is 2.06. The number of benzene rings is 1. The van der Waals surface area contributed by atoms with Crippen LogP contribution in [0.25, 0.3) is 0 Å². The van der Waals surface area contributed by atoms with Crippen molar-refractivity contribution in [1.29, 1.82) is 0 Å². The molecule has 0 saturated heterocycles. The third kappa shape index (κ3) is 3.77. The molecule has 14 heavy (non-hydrogen) atoms. The van der Waals surface area contributed by atoms with E-state index in [1.165, 1.54) is 0 Å². The summed E-state index contributed by atoms with van der Waals surface area (Å²) in [6, 6.07) is 7.52. The van der Waals surface area contributed by atoms with Gasteiger partial charge in [0.25, 0.3) is 0 Å². The lowest BCUT2D eigenvalue weighted by Crippen LogP contribution is -2.30. The standard InChI is InChI=1S/C10H13ClN2O/c1-12-10(14)7-13-6-8-2-4-9(11)5-3-8/h2-5,13H,6-7H2,1H3,(H,12,14). The zero-order chi connectivity index (χ0) is 10.4. The lowest BCUT2D eigenvalue weighted by Gasteiger charge is -2.03. The van der Waals surface area contributed by atoms with Crippen molar-refractivity contribution in [2.24, 2.45) is 0 Å². The third-order valence-electron chi connectivity index (χ3n) is 1.81. The summed E-state index contributed by atoms with van der Waals surface area (Å²) in [6.45, 7) is 1.00. The minimum atomic E-state index is -0.0148. The minimum Gasteiger partial charge on any atom is -0.358 e. The van der Waals surface area contributed by atoms with Gasteiger partial charge < -0.3 is 10.6 Å². The first-order chi connectivity index (χ1) is 6.72. The summed E-state index contributed by atoms with van der Waals surface area (Å²) >= 11 is 5.73. The molecule has 1 aromatic carbocycles. The summed E-state index contributed by atoms with van der Waals surface area (Å²) in [5.41, 5.74) is 1.11. The Morgan fingerprint density at radius 3 is 2.57 bits per heavy atom. The van der Waals surface area contributed by atoms with E-state index < -0.39 is 0 Å². The molecule has 0 atom stereocenters. The van der Waals surface area contributed by atoms with E-state index >= 15 is 0 Å². The van der Waals surface area contributed by atoms with Crippen molar-refractivity contribution < 1.29 is 4.79 Å². The van der Waals surface area contributed by atoms with Crippen molar-refractivity contribution in [1.82, 2.24) is 10.6 Å². The molecule has 4 heteroatoms. The molecular weight excluding hydrogens is 200 g/mol. The second-order valence-electron chi connectivity index (χ2n) is 2.90. The molecule has 0 aliphatic carbocycles. The summed E-state index contributed by atoms with van der Waals surface area (Å²) < 4.78 is 0. The molecule has 0 bridgehead atoms. The predicted molar refractivity (Wildman–Crippen MR) is 57.2 cm³/mol. The Morgan fingerprint density at radius 1 is 1.36 bits per heavy atom. The molecule has 0 fully saturated rings. The number of nitrogens with one attached hydrogen (secondary N) is 2. The fraction of sp³-hybridized carbons (Fsp3) is 0.300. The Hall–Kier alpha value is -1.06. The van der Waals surface area contributed by atoms with Crippen molar-refractivity contribution in [3.05, 3.63) is 34.9 Å². The van der Waals surface area contributed by atoms with Crippen LogP contribution in [0.5, 0.6) is 0 Å². The Balaban J connectivity index is 2.31. The minimum absolute atomic E-state index is 0.0148. The number of likely N-dealkylation sites (N-methyl/N-ethyl adjacent to an activating group) is 1. The maximum absolute atomic E-state index is 10.9. The second-order valence-corrected chi connectivity index (χ2v) is 3.34. The van der Waals surface area contributed by atoms with E-state index in [-0.39, 0.29) is 5.91 Å². The van der Waals surface area contributed by atoms with E-state index in [4.69, 9.17) is 11.6 Å². The van der Waals surface area contributed by atoms with Gasteiger partial charge in [0, 0.05) is 18.6 Å². The number of rotatable bonds is 4. The van der Waals surface area contributed by atoms with Crippen molar-refractivity contribution in [3.63, 3.8) is 0 Å². The van der Waals surface area contributed by atoms with Crippen LogP contribution in [-0.4, -0.2) is 19.5 Å². The van der Waals surface area contributed by atoms with Gasteiger partial charge in [0.05, 0.1) is 6.54 Å². The van der Waals surface area contributed by atoms with Gasteiger partial charge in [0.2, 0.25) is 5.91 Å². The molecule has 3 nitrogen and oxygen atoms in total. The summed E-state index contributed by atoms with van der Waals surface area (Å²) in [5, 5.41) is 6.28. The van der Waals surface area contributed by atoms with Crippen LogP contribution < -0.4 is 10.6 Å². The zero-order valence-electron chi connectivity index (χ0n) is 8.01. The Bertz CT molecular complexity index is 297. The summed E-state index contributed by atoms with van der Waals surface area (Å²) in [5.74, 6) is -0.0148. The van der Waals surface area contributed by atoms with Gasteiger partial charge in [0.15, 0.2) is 0 Å². The molecule has 1 amide bonds. The van der Waals surface area contributed by atoms with E-state index in [9.17, 15) is 4.79 Å². The van der Waals surface area contributed by atoms with Crippen LogP contribution in [0.3, 0.4) is 0 Å². The largest absolute Gasteiger partial charge is 0.358 e. The summed E-state index contributed by atoms with van der Waals surface area (Å²) in [4.78, 5) is 10.9. The highest BCUT2D eigenvalue weighted by Gasteiger charge is 1.96. The predicted octanol–water partition coefficient (Wildman–Crippen LogP) is 1.18. The molecule has 1 aromatic rings. The highest BCUT2D eigenvalue weighted by Crippen LogP contribution is 2.08. The van der Waals surface area contributed by atoms with E-state index in [1.807, 2.05) is 24.3 Å². The fourth-order valence-electron chi connectivity index (χ4n) is 1.01. The number of halogens is 1. The summed E-state index contributed by atoms with van der Waals surface area (Å²) in [7, 11) is 1.62.